The SMILES string of the molecule is Cc1cc(C#N)ccc1CN(C)CCO. The van der Waals surface area contributed by atoms with Crippen LogP contribution in [-0.4, -0.2) is 30.2 Å². The van der Waals surface area contributed by atoms with E-state index in [4.69, 9.17) is 10.4 Å². The monoisotopic (exact) mass is 204 g/mol. The highest BCUT2D eigenvalue weighted by Gasteiger charge is 2.03. The second-order valence-corrected chi connectivity index (χ2v) is 3.71. The van der Waals surface area contributed by atoms with Gasteiger partial charge in [-0.1, -0.05) is 6.07 Å². The van der Waals surface area contributed by atoms with Crippen molar-refractivity contribution in [3.8, 4) is 6.07 Å². The van der Waals surface area contributed by atoms with E-state index < -0.39 is 0 Å². The van der Waals surface area contributed by atoms with Gasteiger partial charge in [-0.2, -0.15) is 5.26 Å². The fourth-order valence-corrected chi connectivity index (χ4v) is 1.48. The smallest absolute Gasteiger partial charge is 0.0991 e. The minimum atomic E-state index is 0.172. The van der Waals surface area contributed by atoms with Crippen LogP contribution in [0.5, 0.6) is 0 Å². The maximum Gasteiger partial charge on any atom is 0.0991 e. The molecule has 80 valence electrons. The molecule has 0 aliphatic rings. The van der Waals surface area contributed by atoms with E-state index in [0.29, 0.717) is 12.1 Å². The molecule has 0 radical (unpaired) electrons. The number of nitriles is 1. The highest BCUT2D eigenvalue weighted by Crippen LogP contribution is 2.12. The average Bonchev–Trinajstić information content (AvgIpc) is 2.21. The summed E-state index contributed by atoms with van der Waals surface area (Å²) in [5.41, 5.74) is 3.02. The van der Waals surface area contributed by atoms with Gasteiger partial charge in [-0.15, -0.1) is 0 Å². The molecule has 0 fully saturated rings. The third-order valence-electron chi connectivity index (χ3n) is 2.39. The van der Waals surface area contributed by atoms with Crippen LogP contribution in [-0.2, 0) is 6.54 Å². The van der Waals surface area contributed by atoms with E-state index >= 15 is 0 Å². The second kappa shape index (κ2) is 5.50. The molecule has 0 bridgehead atoms. The quantitative estimate of drug-likeness (QED) is 0.804. The summed E-state index contributed by atoms with van der Waals surface area (Å²) in [5.74, 6) is 0. The lowest BCUT2D eigenvalue weighted by Gasteiger charge is -2.16. The van der Waals surface area contributed by atoms with Gasteiger partial charge in [-0.3, -0.25) is 4.90 Å². The summed E-state index contributed by atoms with van der Waals surface area (Å²) >= 11 is 0. The number of likely N-dealkylation sites (N-methyl/N-ethyl adjacent to an activating group) is 1. The summed E-state index contributed by atoms with van der Waals surface area (Å²) in [6.07, 6.45) is 0. The molecule has 1 rings (SSSR count). The molecule has 0 aromatic heterocycles. The zero-order valence-electron chi connectivity index (χ0n) is 9.20. The zero-order valence-corrected chi connectivity index (χ0v) is 9.20. The Balaban J connectivity index is 2.74. The Morgan fingerprint density at radius 2 is 2.20 bits per heavy atom. The molecule has 3 heteroatoms. The van der Waals surface area contributed by atoms with Crippen molar-refractivity contribution in [1.29, 1.82) is 5.26 Å². The van der Waals surface area contributed by atoms with Gasteiger partial charge in [0, 0.05) is 13.1 Å². The number of hydrogen-bond donors (Lipinski definition) is 1. The van der Waals surface area contributed by atoms with Crippen LogP contribution in [0.25, 0.3) is 0 Å². The molecule has 3 nitrogen and oxygen atoms in total. The molecule has 1 N–H and O–H groups in total. The molecule has 1 aromatic rings. The first-order valence-corrected chi connectivity index (χ1v) is 4.96. The van der Waals surface area contributed by atoms with Gasteiger partial charge in [0.2, 0.25) is 0 Å². The normalized spacial score (nSPS) is 10.3. The van der Waals surface area contributed by atoms with Crippen LogP contribution in [0.15, 0.2) is 18.2 Å². The molecule has 0 heterocycles. The molecule has 0 saturated carbocycles. The van der Waals surface area contributed by atoms with Gasteiger partial charge >= 0.3 is 0 Å². The summed E-state index contributed by atoms with van der Waals surface area (Å²) in [4.78, 5) is 2.05. The first-order chi connectivity index (χ1) is 7.17. The Kier molecular flexibility index (Phi) is 4.29. The summed E-state index contributed by atoms with van der Waals surface area (Å²) in [5, 5.41) is 17.5. The van der Waals surface area contributed by atoms with E-state index in [-0.39, 0.29) is 6.61 Å². The van der Waals surface area contributed by atoms with Crippen LogP contribution in [0.4, 0.5) is 0 Å². The Bertz CT molecular complexity index is 368. The number of hydrogen-bond acceptors (Lipinski definition) is 3. The minimum Gasteiger partial charge on any atom is -0.395 e. The van der Waals surface area contributed by atoms with E-state index in [1.807, 2.05) is 37.1 Å². The van der Waals surface area contributed by atoms with Gasteiger partial charge in [0.1, 0.15) is 0 Å². The molecular weight excluding hydrogens is 188 g/mol. The van der Waals surface area contributed by atoms with E-state index in [2.05, 4.69) is 6.07 Å². The van der Waals surface area contributed by atoms with E-state index in [0.717, 1.165) is 12.1 Å². The van der Waals surface area contributed by atoms with Crippen molar-refractivity contribution in [2.24, 2.45) is 0 Å². The van der Waals surface area contributed by atoms with Crippen LogP contribution in [0.2, 0.25) is 0 Å². The summed E-state index contributed by atoms with van der Waals surface area (Å²) in [6.45, 7) is 3.65. The summed E-state index contributed by atoms with van der Waals surface area (Å²) in [6, 6.07) is 7.81. The molecule has 0 atom stereocenters. The predicted octanol–water partition coefficient (Wildman–Crippen LogP) is 1.29. The molecule has 0 unspecified atom stereocenters. The summed E-state index contributed by atoms with van der Waals surface area (Å²) < 4.78 is 0. The van der Waals surface area contributed by atoms with Gasteiger partial charge in [-0.25, -0.2) is 0 Å². The Labute approximate surface area is 90.6 Å². The highest BCUT2D eigenvalue weighted by molar-refractivity contribution is 5.37. The standard InChI is InChI=1S/C12H16N2O/c1-10-7-11(8-13)3-4-12(10)9-14(2)5-6-15/h3-4,7,15H,5-6,9H2,1-2H3. The van der Waals surface area contributed by atoms with Gasteiger partial charge < -0.3 is 5.11 Å². The first kappa shape index (κ1) is 11.7. The molecule has 1 aromatic carbocycles. The molecule has 0 spiro atoms. The fourth-order valence-electron chi connectivity index (χ4n) is 1.48. The Morgan fingerprint density at radius 1 is 1.47 bits per heavy atom. The van der Waals surface area contributed by atoms with E-state index in [1.165, 1.54) is 5.56 Å². The summed E-state index contributed by atoms with van der Waals surface area (Å²) in [7, 11) is 1.97. The van der Waals surface area contributed by atoms with Gasteiger partial charge in [0.25, 0.3) is 0 Å². The predicted molar refractivity (Wildman–Crippen MR) is 59.3 cm³/mol. The lowest BCUT2D eigenvalue weighted by molar-refractivity contribution is 0.217. The number of nitrogens with zero attached hydrogens (tertiary/aromatic N) is 2. The minimum absolute atomic E-state index is 0.172. The largest absolute Gasteiger partial charge is 0.395 e. The Hall–Kier alpha value is -1.37. The van der Waals surface area contributed by atoms with Crippen LogP contribution in [0, 0.1) is 18.3 Å². The zero-order chi connectivity index (χ0) is 11.3. The molecular formula is C12H16N2O. The maximum absolute atomic E-state index is 8.78. The maximum atomic E-state index is 8.78. The van der Waals surface area contributed by atoms with Gasteiger partial charge in [0.15, 0.2) is 0 Å². The third kappa shape index (κ3) is 3.35. The number of aryl methyl sites for hydroxylation is 1. The van der Waals surface area contributed by atoms with Gasteiger partial charge in [-0.05, 0) is 37.2 Å². The van der Waals surface area contributed by atoms with Crippen molar-refractivity contribution in [3.63, 3.8) is 0 Å². The van der Waals surface area contributed by atoms with E-state index in [1.54, 1.807) is 0 Å². The first-order valence-electron chi connectivity index (χ1n) is 4.96. The fraction of sp³-hybridized carbons (Fsp3) is 0.417. The van der Waals surface area contributed by atoms with Crippen molar-refractivity contribution >= 4 is 0 Å². The molecule has 0 amide bonds. The topological polar surface area (TPSA) is 47.3 Å². The van der Waals surface area contributed by atoms with Crippen LogP contribution in [0.3, 0.4) is 0 Å². The number of aliphatic hydroxyl groups is 1. The number of aliphatic hydroxyl groups excluding tert-OH is 1. The molecule has 0 aliphatic carbocycles. The lowest BCUT2D eigenvalue weighted by Crippen LogP contribution is -2.21. The van der Waals surface area contributed by atoms with Crippen molar-refractivity contribution in [2.45, 2.75) is 13.5 Å². The van der Waals surface area contributed by atoms with Crippen molar-refractivity contribution in [2.75, 3.05) is 20.2 Å². The molecule has 0 aliphatic heterocycles. The second-order valence-electron chi connectivity index (χ2n) is 3.71. The van der Waals surface area contributed by atoms with E-state index in [9.17, 15) is 0 Å². The van der Waals surface area contributed by atoms with Crippen molar-refractivity contribution < 1.29 is 5.11 Å². The van der Waals surface area contributed by atoms with Crippen molar-refractivity contribution in [3.05, 3.63) is 34.9 Å². The lowest BCUT2D eigenvalue weighted by atomic mass is 10.1. The third-order valence-corrected chi connectivity index (χ3v) is 2.39. The van der Waals surface area contributed by atoms with Crippen LogP contribution >= 0.6 is 0 Å². The average molecular weight is 204 g/mol. The Morgan fingerprint density at radius 3 is 2.73 bits per heavy atom. The molecule has 15 heavy (non-hydrogen) atoms. The number of rotatable bonds is 4. The van der Waals surface area contributed by atoms with Crippen LogP contribution < -0.4 is 0 Å². The number of benzene rings is 1. The van der Waals surface area contributed by atoms with Gasteiger partial charge in [0.05, 0.1) is 18.2 Å². The molecule has 0 saturated heterocycles. The van der Waals surface area contributed by atoms with Crippen molar-refractivity contribution in [1.82, 2.24) is 4.90 Å². The van der Waals surface area contributed by atoms with Crippen LogP contribution in [0.1, 0.15) is 16.7 Å². The highest BCUT2D eigenvalue weighted by atomic mass is 16.3.